The second-order valence-electron chi connectivity index (χ2n) is 7.85. The van der Waals surface area contributed by atoms with Crippen molar-refractivity contribution in [3.05, 3.63) is 11.3 Å². The third kappa shape index (κ3) is 4.06. The van der Waals surface area contributed by atoms with E-state index in [1.54, 1.807) is 11.7 Å². The standard InChI is InChI=1S/C18H27ClF2N4O2/c1-8-15(11-4-3-9(20)6-13(11)19)17(25(2)24-8)23-16-12(18(26)27)5-10(21)7-14(16)22/h9-14,16,23H,3-7,22H2,1-2H3,(H,26,27). The lowest BCUT2D eigenvalue weighted by atomic mass is 9.79. The average molecular weight is 405 g/mol. The Bertz CT molecular complexity index is 701. The summed E-state index contributed by atoms with van der Waals surface area (Å²) in [6, 6.07) is -1.25. The summed E-state index contributed by atoms with van der Waals surface area (Å²) < 4.78 is 29.2. The van der Waals surface area contributed by atoms with Crippen molar-refractivity contribution in [1.29, 1.82) is 0 Å². The van der Waals surface area contributed by atoms with Crippen molar-refractivity contribution in [2.45, 2.75) is 74.7 Å². The van der Waals surface area contributed by atoms with Crippen LogP contribution >= 0.6 is 11.6 Å². The first-order valence-corrected chi connectivity index (χ1v) is 9.83. The SMILES string of the molecule is Cc1nn(C)c(NC2C(N)CC(F)CC2C(=O)O)c1C1CCC(F)CC1Cl. The van der Waals surface area contributed by atoms with E-state index in [1.165, 1.54) is 0 Å². The molecule has 7 unspecified atom stereocenters. The van der Waals surface area contributed by atoms with Crippen LogP contribution in [0.1, 0.15) is 49.3 Å². The first-order chi connectivity index (χ1) is 12.7. The van der Waals surface area contributed by atoms with Crippen LogP contribution in [0, 0.1) is 12.8 Å². The summed E-state index contributed by atoms with van der Waals surface area (Å²) in [5, 5.41) is 16.9. The van der Waals surface area contributed by atoms with Crippen LogP contribution in [0.2, 0.25) is 0 Å². The van der Waals surface area contributed by atoms with Gasteiger partial charge in [-0.15, -0.1) is 11.6 Å². The van der Waals surface area contributed by atoms with Crippen molar-refractivity contribution in [3.8, 4) is 0 Å². The number of aromatic nitrogens is 2. The summed E-state index contributed by atoms with van der Waals surface area (Å²) >= 11 is 6.46. The number of alkyl halides is 3. The molecule has 1 aromatic heterocycles. The van der Waals surface area contributed by atoms with Crippen LogP contribution < -0.4 is 11.1 Å². The largest absolute Gasteiger partial charge is 0.481 e. The molecule has 0 amide bonds. The fourth-order valence-corrected chi connectivity index (χ4v) is 5.01. The van der Waals surface area contributed by atoms with Gasteiger partial charge in [0.15, 0.2) is 0 Å². The van der Waals surface area contributed by atoms with E-state index in [2.05, 4.69) is 10.4 Å². The molecule has 1 aromatic rings. The molecule has 0 radical (unpaired) electrons. The summed E-state index contributed by atoms with van der Waals surface area (Å²) in [6.07, 6.45) is -0.768. The van der Waals surface area contributed by atoms with Gasteiger partial charge in [0.05, 0.1) is 17.7 Å². The monoisotopic (exact) mass is 404 g/mol. The van der Waals surface area contributed by atoms with Crippen LogP contribution in [-0.4, -0.2) is 50.7 Å². The van der Waals surface area contributed by atoms with Crippen molar-refractivity contribution in [1.82, 2.24) is 9.78 Å². The number of aryl methyl sites for hydroxylation is 2. The molecule has 3 rings (SSSR count). The zero-order valence-electron chi connectivity index (χ0n) is 15.5. The van der Waals surface area contributed by atoms with E-state index >= 15 is 0 Å². The van der Waals surface area contributed by atoms with Crippen molar-refractivity contribution >= 4 is 23.4 Å². The Kier molecular flexibility index (Phi) is 5.96. The Morgan fingerprint density at radius 2 is 2.00 bits per heavy atom. The van der Waals surface area contributed by atoms with Gasteiger partial charge in [0, 0.05) is 29.9 Å². The predicted octanol–water partition coefficient (Wildman–Crippen LogP) is 2.88. The number of carboxylic acid groups (broad SMARTS) is 1. The molecule has 27 heavy (non-hydrogen) atoms. The molecule has 0 aliphatic heterocycles. The number of aliphatic carboxylic acids is 1. The molecule has 0 aromatic carbocycles. The first-order valence-electron chi connectivity index (χ1n) is 9.39. The van der Waals surface area contributed by atoms with Gasteiger partial charge in [0.1, 0.15) is 18.2 Å². The molecule has 0 bridgehead atoms. The van der Waals surface area contributed by atoms with Gasteiger partial charge in [-0.25, -0.2) is 8.78 Å². The molecule has 0 spiro atoms. The fourth-order valence-electron chi connectivity index (χ4n) is 4.56. The van der Waals surface area contributed by atoms with Crippen LogP contribution in [-0.2, 0) is 11.8 Å². The third-order valence-electron chi connectivity index (χ3n) is 5.90. The van der Waals surface area contributed by atoms with Crippen LogP contribution in [0.4, 0.5) is 14.6 Å². The maximum Gasteiger partial charge on any atom is 0.308 e. The minimum atomic E-state index is -1.22. The Morgan fingerprint density at radius 1 is 1.30 bits per heavy atom. The molecule has 1 heterocycles. The van der Waals surface area contributed by atoms with Gasteiger partial charge in [-0.3, -0.25) is 9.48 Å². The maximum atomic E-state index is 13.9. The quantitative estimate of drug-likeness (QED) is 0.671. The maximum absolute atomic E-state index is 13.9. The highest BCUT2D eigenvalue weighted by atomic mass is 35.5. The Labute approximate surface area is 162 Å². The van der Waals surface area contributed by atoms with Gasteiger partial charge < -0.3 is 16.2 Å². The fraction of sp³-hybridized carbons (Fsp3) is 0.778. The summed E-state index contributed by atoms with van der Waals surface area (Å²) in [4.78, 5) is 11.7. The number of carbonyl (C=O) groups is 1. The second-order valence-corrected chi connectivity index (χ2v) is 8.41. The summed E-state index contributed by atoms with van der Waals surface area (Å²) in [5.74, 6) is -1.43. The normalized spacial score (nSPS) is 37.2. The molecule has 2 aliphatic carbocycles. The van der Waals surface area contributed by atoms with Crippen molar-refractivity contribution in [2.24, 2.45) is 18.7 Å². The second kappa shape index (κ2) is 7.91. The zero-order chi connectivity index (χ0) is 19.9. The van der Waals surface area contributed by atoms with E-state index in [0.29, 0.717) is 18.7 Å². The molecule has 6 nitrogen and oxygen atoms in total. The Morgan fingerprint density at radius 3 is 2.63 bits per heavy atom. The topological polar surface area (TPSA) is 93.2 Å². The molecule has 2 fully saturated rings. The van der Waals surface area contributed by atoms with Crippen LogP contribution in [0.5, 0.6) is 0 Å². The van der Waals surface area contributed by atoms with Crippen LogP contribution in [0.25, 0.3) is 0 Å². The minimum absolute atomic E-state index is 0.0715. The molecule has 4 N–H and O–H groups in total. The van der Waals surface area contributed by atoms with E-state index in [4.69, 9.17) is 17.3 Å². The molecule has 2 saturated carbocycles. The van der Waals surface area contributed by atoms with E-state index in [0.717, 1.165) is 11.3 Å². The van der Waals surface area contributed by atoms with Gasteiger partial charge in [-0.2, -0.15) is 5.10 Å². The molecule has 152 valence electrons. The lowest BCUT2D eigenvalue weighted by Crippen LogP contribution is -2.53. The number of hydrogen-bond acceptors (Lipinski definition) is 4. The van der Waals surface area contributed by atoms with Crippen molar-refractivity contribution in [3.63, 3.8) is 0 Å². The van der Waals surface area contributed by atoms with E-state index < -0.39 is 36.3 Å². The molecule has 7 atom stereocenters. The summed E-state index contributed by atoms with van der Waals surface area (Å²) in [5.41, 5.74) is 7.75. The van der Waals surface area contributed by atoms with Gasteiger partial charge in [-0.1, -0.05) is 0 Å². The predicted molar refractivity (Wildman–Crippen MR) is 99.7 cm³/mol. The van der Waals surface area contributed by atoms with Gasteiger partial charge in [0.2, 0.25) is 0 Å². The van der Waals surface area contributed by atoms with Gasteiger partial charge in [-0.05, 0) is 39.0 Å². The highest BCUT2D eigenvalue weighted by Crippen LogP contribution is 2.42. The smallest absolute Gasteiger partial charge is 0.308 e. The number of nitrogens with zero attached hydrogens (tertiary/aromatic N) is 2. The molecule has 9 heteroatoms. The number of rotatable bonds is 4. The Balaban J connectivity index is 1.91. The zero-order valence-corrected chi connectivity index (χ0v) is 16.3. The third-order valence-corrected chi connectivity index (χ3v) is 6.38. The number of nitrogens with two attached hydrogens (primary N) is 1. The molecule has 0 saturated heterocycles. The number of anilines is 1. The van der Waals surface area contributed by atoms with E-state index in [-0.39, 0.29) is 30.6 Å². The minimum Gasteiger partial charge on any atom is -0.481 e. The Hall–Kier alpha value is -1.41. The van der Waals surface area contributed by atoms with Gasteiger partial charge >= 0.3 is 5.97 Å². The van der Waals surface area contributed by atoms with Gasteiger partial charge in [0.25, 0.3) is 0 Å². The highest BCUT2D eigenvalue weighted by Gasteiger charge is 2.42. The number of hydrogen-bond donors (Lipinski definition) is 3. The van der Waals surface area contributed by atoms with Crippen LogP contribution in [0.3, 0.4) is 0 Å². The van der Waals surface area contributed by atoms with Crippen molar-refractivity contribution < 1.29 is 18.7 Å². The van der Waals surface area contributed by atoms with Crippen molar-refractivity contribution in [2.75, 3.05) is 5.32 Å². The molecular formula is C18H27ClF2N4O2. The molecular weight excluding hydrogens is 378 g/mol. The summed E-state index contributed by atoms with van der Waals surface area (Å²) in [7, 11) is 1.75. The average Bonchev–Trinajstić information content (AvgIpc) is 2.83. The van der Waals surface area contributed by atoms with E-state index in [9.17, 15) is 18.7 Å². The van der Waals surface area contributed by atoms with Crippen LogP contribution in [0.15, 0.2) is 0 Å². The molecule has 2 aliphatic rings. The highest BCUT2D eigenvalue weighted by molar-refractivity contribution is 6.21. The number of carboxylic acids is 1. The number of halogens is 3. The summed E-state index contributed by atoms with van der Waals surface area (Å²) in [6.45, 7) is 1.86. The number of nitrogens with one attached hydrogen (secondary N) is 1. The lowest BCUT2D eigenvalue weighted by molar-refractivity contribution is -0.144. The lowest BCUT2D eigenvalue weighted by Gasteiger charge is -2.37. The first kappa shape index (κ1) is 20.3. The van der Waals surface area contributed by atoms with E-state index in [1.807, 2.05) is 6.92 Å².